The number of ether oxygens (including phenoxy) is 1. The smallest absolute Gasteiger partial charge is 0.119 e. The fraction of sp³-hybridized carbons (Fsp3) is 0.412. The quantitative estimate of drug-likeness (QED) is 0.647. The topological polar surface area (TPSA) is 21.3 Å². The van der Waals surface area contributed by atoms with Gasteiger partial charge >= 0.3 is 0 Å². The van der Waals surface area contributed by atoms with Crippen molar-refractivity contribution in [2.24, 2.45) is 0 Å². The number of nitrogens with one attached hydrogen (secondary N) is 1. The summed E-state index contributed by atoms with van der Waals surface area (Å²) < 4.78 is 7.16. The zero-order chi connectivity index (χ0) is 14.7. The summed E-state index contributed by atoms with van der Waals surface area (Å²) >= 11 is 4.19. The number of thiophene rings is 1. The molecule has 1 unspecified atom stereocenters. The lowest BCUT2D eigenvalue weighted by Gasteiger charge is -2.18. The van der Waals surface area contributed by atoms with Crippen molar-refractivity contribution in [3.8, 4) is 5.75 Å². The van der Waals surface area contributed by atoms with E-state index in [1.54, 1.807) is 11.3 Å². The first-order valence-electron chi connectivity index (χ1n) is 7.50. The van der Waals surface area contributed by atoms with Gasteiger partial charge in [-0.25, -0.2) is 0 Å². The molecule has 0 amide bonds. The lowest BCUT2D eigenvalue weighted by Crippen LogP contribution is -2.22. The molecule has 21 heavy (non-hydrogen) atoms. The van der Waals surface area contributed by atoms with Gasteiger partial charge in [-0.15, -0.1) is 11.3 Å². The standard InChI is InChI=1S/C17H20INOS/c1-2-9-19-17(13-10-16(18)21-11-13)12-3-5-14(6-4-12)20-15-7-8-15/h3-6,10-11,15,17,19H,2,7-9H2,1H3. The van der Waals surface area contributed by atoms with Crippen molar-refractivity contribution in [3.05, 3.63) is 49.7 Å². The van der Waals surface area contributed by atoms with Crippen LogP contribution in [0.4, 0.5) is 0 Å². The van der Waals surface area contributed by atoms with Crippen LogP contribution >= 0.6 is 33.9 Å². The van der Waals surface area contributed by atoms with E-state index in [2.05, 4.69) is 70.5 Å². The lowest BCUT2D eigenvalue weighted by atomic mass is 10.0. The Balaban J connectivity index is 1.77. The Kier molecular flexibility index (Phi) is 5.19. The molecule has 1 aromatic carbocycles. The van der Waals surface area contributed by atoms with Gasteiger partial charge in [0.25, 0.3) is 0 Å². The van der Waals surface area contributed by atoms with E-state index in [4.69, 9.17) is 4.74 Å². The number of halogens is 1. The third-order valence-corrected chi connectivity index (χ3v) is 5.37. The molecule has 0 spiro atoms. The lowest BCUT2D eigenvalue weighted by molar-refractivity contribution is 0.303. The van der Waals surface area contributed by atoms with E-state index in [0.717, 1.165) is 18.7 Å². The molecule has 1 fully saturated rings. The highest BCUT2D eigenvalue weighted by Gasteiger charge is 2.23. The van der Waals surface area contributed by atoms with E-state index in [1.165, 1.54) is 26.9 Å². The highest BCUT2D eigenvalue weighted by molar-refractivity contribution is 14.1. The summed E-state index contributed by atoms with van der Waals surface area (Å²) in [5.41, 5.74) is 2.66. The van der Waals surface area contributed by atoms with Crippen LogP contribution in [-0.2, 0) is 0 Å². The minimum absolute atomic E-state index is 0.277. The largest absolute Gasteiger partial charge is 0.490 e. The molecule has 1 heterocycles. The molecular weight excluding hydrogens is 393 g/mol. The van der Waals surface area contributed by atoms with Crippen molar-refractivity contribution in [1.82, 2.24) is 5.32 Å². The molecule has 112 valence electrons. The Morgan fingerprint density at radius 2 is 2.05 bits per heavy atom. The Labute approximate surface area is 144 Å². The van der Waals surface area contributed by atoms with Crippen molar-refractivity contribution < 1.29 is 4.74 Å². The van der Waals surface area contributed by atoms with Gasteiger partial charge in [-0.1, -0.05) is 19.1 Å². The molecule has 3 rings (SSSR count). The molecule has 1 aliphatic carbocycles. The van der Waals surface area contributed by atoms with Crippen molar-refractivity contribution in [2.45, 2.75) is 38.3 Å². The zero-order valence-electron chi connectivity index (χ0n) is 12.1. The molecule has 1 atom stereocenters. The van der Waals surface area contributed by atoms with Crippen LogP contribution in [0.15, 0.2) is 35.7 Å². The number of hydrogen-bond acceptors (Lipinski definition) is 3. The van der Waals surface area contributed by atoms with E-state index in [1.807, 2.05) is 0 Å². The maximum absolute atomic E-state index is 5.83. The Morgan fingerprint density at radius 1 is 1.29 bits per heavy atom. The molecule has 1 aromatic heterocycles. The maximum Gasteiger partial charge on any atom is 0.119 e. The highest BCUT2D eigenvalue weighted by atomic mass is 127. The summed E-state index contributed by atoms with van der Waals surface area (Å²) in [6.07, 6.45) is 4.01. The summed E-state index contributed by atoms with van der Waals surface area (Å²) in [7, 11) is 0. The minimum Gasteiger partial charge on any atom is -0.490 e. The molecule has 1 aliphatic rings. The van der Waals surface area contributed by atoms with Crippen LogP contribution in [0.3, 0.4) is 0 Å². The Bertz CT molecular complexity index is 577. The molecule has 0 saturated heterocycles. The summed E-state index contributed by atoms with van der Waals surface area (Å²) in [5.74, 6) is 0.996. The Morgan fingerprint density at radius 3 is 2.62 bits per heavy atom. The SMILES string of the molecule is CCCNC(c1ccc(OC2CC2)cc1)c1csc(I)c1. The van der Waals surface area contributed by atoms with Gasteiger partial charge in [0.1, 0.15) is 5.75 Å². The molecule has 0 bridgehead atoms. The summed E-state index contributed by atoms with van der Waals surface area (Å²) in [4.78, 5) is 0. The molecule has 4 heteroatoms. The van der Waals surface area contributed by atoms with Crippen molar-refractivity contribution in [1.29, 1.82) is 0 Å². The molecule has 2 aromatic rings. The van der Waals surface area contributed by atoms with Gasteiger partial charge in [0.15, 0.2) is 0 Å². The van der Waals surface area contributed by atoms with Crippen LogP contribution in [0.25, 0.3) is 0 Å². The van der Waals surface area contributed by atoms with Gasteiger partial charge < -0.3 is 10.1 Å². The van der Waals surface area contributed by atoms with Crippen LogP contribution in [0.5, 0.6) is 5.75 Å². The third kappa shape index (κ3) is 4.20. The van der Waals surface area contributed by atoms with Crippen LogP contribution < -0.4 is 10.1 Å². The molecule has 2 nitrogen and oxygen atoms in total. The second-order valence-corrected chi connectivity index (χ2v) is 8.26. The van der Waals surface area contributed by atoms with Crippen LogP contribution in [-0.4, -0.2) is 12.6 Å². The predicted molar refractivity (Wildman–Crippen MR) is 97.3 cm³/mol. The summed E-state index contributed by atoms with van der Waals surface area (Å²) in [6, 6.07) is 11.1. The van der Waals surface area contributed by atoms with Crippen LogP contribution in [0.1, 0.15) is 43.4 Å². The first kappa shape index (κ1) is 15.3. The normalized spacial score (nSPS) is 15.9. The first-order valence-corrected chi connectivity index (χ1v) is 9.46. The van der Waals surface area contributed by atoms with Gasteiger partial charge in [-0.2, -0.15) is 0 Å². The third-order valence-electron chi connectivity index (χ3n) is 3.56. The van der Waals surface area contributed by atoms with E-state index < -0.39 is 0 Å². The fourth-order valence-corrected chi connectivity index (χ4v) is 3.71. The molecule has 0 aliphatic heterocycles. The van der Waals surface area contributed by atoms with Gasteiger partial charge in [0, 0.05) is 0 Å². The summed E-state index contributed by atoms with van der Waals surface area (Å²) in [5, 5.41) is 5.90. The Hall–Kier alpha value is -0.590. The first-order chi connectivity index (χ1) is 10.3. The van der Waals surface area contributed by atoms with E-state index in [-0.39, 0.29) is 6.04 Å². The van der Waals surface area contributed by atoms with Gasteiger partial charge in [-0.05, 0) is 83.1 Å². The molecule has 1 N–H and O–H groups in total. The maximum atomic E-state index is 5.83. The van der Waals surface area contributed by atoms with E-state index >= 15 is 0 Å². The van der Waals surface area contributed by atoms with Crippen molar-refractivity contribution in [2.75, 3.05) is 6.54 Å². The monoisotopic (exact) mass is 413 g/mol. The average Bonchev–Trinajstić information content (AvgIpc) is 3.21. The summed E-state index contributed by atoms with van der Waals surface area (Å²) in [6.45, 7) is 3.23. The fourth-order valence-electron chi connectivity index (χ4n) is 2.31. The van der Waals surface area contributed by atoms with E-state index in [0.29, 0.717) is 6.10 Å². The number of hydrogen-bond donors (Lipinski definition) is 1. The van der Waals surface area contributed by atoms with Crippen LogP contribution in [0, 0.1) is 2.88 Å². The molecule has 1 saturated carbocycles. The van der Waals surface area contributed by atoms with E-state index in [9.17, 15) is 0 Å². The average molecular weight is 413 g/mol. The van der Waals surface area contributed by atoms with Gasteiger partial charge in [-0.3, -0.25) is 0 Å². The number of benzene rings is 1. The van der Waals surface area contributed by atoms with Crippen molar-refractivity contribution >= 4 is 33.9 Å². The molecule has 0 radical (unpaired) electrons. The van der Waals surface area contributed by atoms with Gasteiger partial charge in [0.2, 0.25) is 0 Å². The van der Waals surface area contributed by atoms with Crippen LogP contribution in [0.2, 0.25) is 0 Å². The van der Waals surface area contributed by atoms with Crippen molar-refractivity contribution in [3.63, 3.8) is 0 Å². The minimum atomic E-state index is 0.277. The highest BCUT2D eigenvalue weighted by Crippen LogP contribution is 2.30. The second kappa shape index (κ2) is 7.11. The molecular formula is C17H20INOS. The number of rotatable bonds is 7. The second-order valence-electron chi connectivity index (χ2n) is 5.46. The predicted octanol–water partition coefficient (Wildman–Crippen LogP) is 4.98. The van der Waals surface area contributed by atoms with Gasteiger partial charge in [0.05, 0.1) is 15.0 Å². The zero-order valence-corrected chi connectivity index (χ0v) is 15.1.